The molecule has 0 unspecified atom stereocenters. The Labute approximate surface area is 145 Å². The molecule has 0 saturated carbocycles. The number of amides is 1. The summed E-state index contributed by atoms with van der Waals surface area (Å²) in [4.78, 5) is 21.8. The molecule has 10 heteroatoms. The molecule has 26 heavy (non-hydrogen) atoms. The third-order valence-electron chi connectivity index (χ3n) is 3.28. The first-order valence-electron chi connectivity index (χ1n) is 7.20. The number of hydrogen-bond donors (Lipinski definition) is 2. The van der Waals surface area contributed by atoms with Crippen molar-refractivity contribution in [3.05, 3.63) is 63.7 Å². The molecular weight excluding hydrogens is 357 g/mol. The first-order chi connectivity index (χ1) is 12.2. The second-order valence-electron chi connectivity index (χ2n) is 5.16. The number of carbonyl (C=O) groups is 1. The van der Waals surface area contributed by atoms with Crippen molar-refractivity contribution >= 4 is 11.6 Å². The zero-order chi connectivity index (χ0) is 19.3. The molecule has 0 fully saturated rings. The van der Waals surface area contributed by atoms with E-state index >= 15 is 0 Å². The lowest BCUT2D eigenvalue weighted by Crippen LogP contribution is -2.28. The zero-order valence-corrected chi connectivity index (χ0v) is 13.1. The minimum absolute atomic E-state index is 0.117. The zero-order valence-electron chi connectivity index (χ0n) is 13.1. The number of hydrogen-bond acceptors (Lipinski definition) is 5. The Balaban J connectivity index is 1.92. The third-order valence-corrected chi connectivity index (χ3v) is 3.28. The summed E-state index contributed by atoms with van der Waals surface area (Å²) in [7, 11) is 0. The van der Waals surface area contributed by atoms with Crippen LogP contribution in [0.3, 0.4) is 0 Å². The van der Waals surface area contributed by atoms with Crippen molar-refractivity contribution in [2.24, 2.45) is 0 Å². The van der Waals surface area contributed by atoms with Crippen LogP contribution in [0.1, 0.15) is 11.1 Å². The van der Waals surface area contributed by atoms with E-state index in [4.69, 9.17) is 4.74 Å². The molecule has 0 aliphatic carbocycles. The normalized spacial score (nSPS) is 11.0. The van der Waals surface area contributed by atoms with Crippen molar-refractivity contribution in [3.8, 4) is 11.5 Å². The van der Waals surface area contributed by atoms with Gasteiger partial charge in [0.2, 0.25) is 0 Å². The molecule has 1 amide bonds. The molecule has 2 aromatic rings. The van der Waals surface area contributed by atoms with Gasteiger partial charge >= 0.3 is 6.18 Å². The van der Waals surface area contributed by atoms with Gasteiger partial charge in [-0.2, -0.15) is 13.2 Å². The predicted molar refractivity (Wildman–Crippen MR) is 83.5 cm³/mol. The molecule has 0 heterocycles. The van der Waals surface area contributed by atoms with Crippen LogP contribution in [0, 0.1) is 10.1 Å². The fourth-order valence-corrected chi connectivity index (χ4v) is 1.98. The number of aromatic hydroxyl groups is 1. The van der Waals surface area contributed by atoms with Gasteiger partial charge in [0, 0.05) is 24.2 Å². The topological polar surface area (TPSA) is 102 Å². The summed E-state index contributed by atoms with van der Waals surface area (Å²) in [5, 5.41) is 22.7. The van der Waals surface area contributed by atoms with Gasteiger partial charge in [0.15, 0.2) is 6.61 Å². The van der Waals surface area contributed by atoms with E-state index < -0.39 is 29.2 Å². The summed E-state index contributed by atoms with van der Waals surface area (Å²) < 4.78 is 42.8. The average Bonchev–Trinajstić information content (AvgIpc) is 2.58. The van der Waals surface area contributed by atoms with E-state index in [1.807, 2.05) is 0 Å². The Hall–Kier alpha value is -3.30. The molecule has 2 N–H and O–H groups in total. The van der Waals surface area contributed by atoms with Gasteiger partial charge in [-0.25, -0.2) is 0 Å². The Morgan fingerprint density at radius 1 is 1.23 bits per heavy atom. The monoisotopic (exact) mass is 370 g/mol. The Morgan fingerprint density at radius 2 is 1.96 bits per heavy atom. The molecule has 0 bridgehead atoms. The summed E-state index contributed by atoms with van der Waals surface area (Å²) in [5.74, 6) is -1.05. The minimum atomic E-state index is -4.53. The van der Waals surface area contributed by atoms with Gasteiger partial charge in [-0.1, -0.05) is 6.07 Å². The van der Waals surface area contributed by atoms with Gasteiger partial charge in [0.05, 0.1) is 10.5 Å². The van der Waals surface area contributed by atoms with E-state index in [1.165, 1.54) is 6.07 Å². The maximum atomic E-state index is 12.6. The van der Waals surface area contributed by atoms with Crippen molar-refractivity contribution in [1.29, 1.82) is 0 Å². The van der Waals surface area contributed by atoms with Gasteiger partial charge in [0.1, 0.15) is 11.5 Å². The van der Waals surface area contributed by atoms with Crippen molar-refractivity contribution < 1.29 is 32.7 Å². The molecule has 2 aromatic carbocycles. The summed E-state index contributed by atoms with van der Waals surface area (Å²) >= 11 is 0. The lowest BCUT2D eigenvalue weighted by molar-refractivity contribution is -0.384. The number of carbonyl (C=O) groups excluding carboxylic acids is 1. The fraction of sp³-hybridized carbons (Fsp3) is 0.188. The van der Waals surface area contributed by atoms with Gasteiger partial charge in [-0.3, -0.25) is 14.9 Å². The van der Waals surface area contributed by atoms with E-state index in [0.717, 1.165) is 36.4 Å². The highest BCUT2D eigenvalue weighted by Crippen LogP contribution is 2.31. The number of benzene rings is 2. The molecule has 7 nitrogen and oxygen atoms in total. The van der Waals surface area contributed by atoms with Crippen LogP contribution >= 0.6 is 0 Å². The number of phenolic OH excluding ortho intramolecular Hbond substituents is 1. The van der Waals surface area contributed by atoms with Crippen molar-refractivity contribution in [2.75, 3.05) is 6.61 Å². The number of nitro benzene ring substituents is 1. The van der Waals surface area contributed by atoms with Gasteiger partial charge < -0.3 is 15.2 Å². The molecule has 2 rings (SSSR count). The number of ether oxygens (including phenoxy) is 1. The summed E-state index contributed by atoms with van der Waals surface area (Å²) in [6.07, 6.45) is -4.53. The number of rotatable bonds is 6. The van der Waals surface area contributed by atoms with E-state index in [-0.39, 0.29) is 29.3 Å². The van der Waals surface area contributed by atoms with E-state index in [2.05, 4.69) is 5.32 Å². The average molecular weight is 370 g/mol. The highest BCUT2D eigenvalue weighted by Gasteiger charge is 2.30. The maximum absolute atomic E-state index is 12.6. The number of nitrogens with zero attached hydrogens (tertiary/aromatic N) is 1. The Kier molecular flexibility index (Phi) is 5.65. The van der Waals surface area contributed by atoms with Crippen LogP contribution in [0.4, 0.5) is 18.9 Å². The summed E-state index contributed by atoms with van der Waals surface area (Å²) in [6.45, 7) is -0.769. The minimum Gasteiger partial charge on any atom is -0.508 e. The van der Waals surface area contributed by atoms with Crippen LogP contribution in [-0.4, -0.2) is 22.5 Å². The molecule has 0 aliphatic heterocycles. The maximum Gasteiger partial charge on any atom is 0.416 e. The Morgan fingerprint density at radius 3 is 2.62 bits per heavy atom. The molecular formula is C16H13F3N2O5. The summed E-state index contributed by atoms with van der Waals surface area (Å²) in [5.41, 5.74) is -1.05. The van der Waals surface area contributed by atoms with Crippen molar-refractivity contribution in [1.82, 2.24) is 5.32 Å². The van der Waals surface area contributed by atoms with E-state index in [0.29, 0.717) is 0 Å². The number of nitro groups is 1. The SMILES string of the molecule is O=C(COc1cccc(C(F)(F)F)c1)NCc1cc([N+](=O)[O-])ccc1O. The van der Waals surface area contributed by atoms with Gasteiger partial charge in [-0.05, 0) is 24.3 Å². The quantitative estimate of drug-likeness (QED) is 0.601. The molecule has 0 aromatic heterocycles. The van der Waals surface area contributed by atoms with Crippen LogP contribution in [0.25, 0.3) is 0 Å². The number of nitrogens with one attached hydrogen (secondary N) is 1. The summed E-state index contributed by atoms with van der Waals surface area (Å²) in [6, 6.07) is 7.39. The second kappa shape index (κ2) is 7.72. The smallest absolute Gasteiger partial charge is 0.416 e. The molecule has 138 valence electrons. The van der Waals surface area contributed by atoms with Crippen LogP contribution in [0.15, 0.2) is 42.5 Å². The fourth-order valence-electron chi connectivity index (χ4n) is 1.98. The predicted octanol–water partition coefficient (Wildman–Crippen LogP) is 3.01. The number of non-ortho nitro benzene ring substituents is 1. The van der Waals surface area contributed by atoms with Crippen LogP contribution in [0.2, 0.25) is 0 Å². The standard InChI is InChI=1S/C16H13F3N2O5/c17-16(18,19)11-2-1-3-13(7-11)26-9-15(23)20-8-10-6-12(21(24)25)4-5-14(10)22/h1-7,22H,8-9H2,(H,20,23). The number of phenols is 1. The lowest BCUT2D eigenvalue weighted by atomic mass is 10.2. The first-order valence-corrected chi connectivity index (χ1v) is 7.20. The Bertz CT molecular complexity index is 824. The van der Waals surface area contributed by atoms with Crippen LogP contribution in [-0.2, 0) is 17.5 Å². The van der Waals surface area contributed by atoms with E-state index in [9.17, 15) is 33.2 Å². The number of alkyl halides is 3. The van der Waals surface area contributed by atoms with Crippen molar-refractivity contribution in [3.63, 3.8) is 0 Å². The van der Waals surface area contributed by atoms with Gasteiger partial charge in [-0.15, -0.1) is 0 Å². The molecule has 0 saturated heterocycles. The third kappa shape index (κ3) is 5.10. The molecule has 0 spiro atoms. The molecule has 0 radical (unpaired) electrons. The van der Waals surface area contributed by atoms with Gasteiger partial charge in [0.25, 0.3) is 11.6 Å². The second-order valence-corrected chi connectivity index (χ2v) is 5.16. The van der Waals surface area contributed by atoms with Crippen LogP contribution in [0.5, 0.6) is 11.5 Å². The van der Waals surface area contributed by atoms with Crippen molar-refractivity contribution in [2.45, 2.75) is 12.7 Å². The van der Waals surface area contributed by atoms with E-state index in [1.54, 1.807) is 0 Å². The molecule has 0 atom stereocenters. The lowest BCUT2D eigenvalue weighted by Gasteiger charge is -2.11. The highest BCUT2D eigenvalue weighted by molar-refractivity contribution is 5.77. The van der Waals surface area contributed by atoms with Crippen LogP contribution < -0.4 is 10.1 Å². The highest BCUT2D eigenvalue weighted by atomic mass is 19.4. The first kappa shape index (κ1) is 19.0. The largest absolute Gasteiger partial charge is 0.508 e. The molecule has 0 aliphatic rings. The number of halogens is 3.